The van der Waals surface area contributed by atoms with Crippen LogP contribution in [-0.2, 0) is 20.9 Å². The summed E-state index contributed by atoms with van der Waals surface area (Å²) in [5.74, 6) is -0.984. The molecule has 3 rings (SSSR count). The van der Waals surface area contributed by atoms with Gasteiger partial charge in [0.2, 0.25) is 11.8 Å². The Hall–Kier alpha value is -2.37. The van der Waals surface area contributed by atoms with Gasteiger partial charge in [-0.2, -0.15) is 0 Å². The highest BCUT2D eigenvalue weighted by molar-refractivity contribution is 5.92. The van der Waals surface area contributed by atoms with E-state index < -0.39 is 5.97 Å². The maximum Gasteiger partial charge on any atom is 0.306 e. The third kappa shape index (κ3) is 5.31. The Morgan fingerprint density at radius 2 is 1.52 bits per heavy atom. The largest absolute Gasteiger partial charge is 0.481 e. The van der Waals surface area contributed by atoms with Gasteiger partial charge in [-0.15, -0.1) is 0 Å². The van der Waals surface area contributed by atoms with Crippen molar-refractivity contribution >= 4 is 23.5 Å². The van der Waals surface area contributed by atoms with Gasteiger partial charge in [-0.1, -0.05) is 25.0 Å². The summed E-state index contributed by atoms with van der Waals surface area (Å²) in [5, 5.41) is 15.0. The summed E-state index contributed by atoms with van der Waals surface area (Å²) < 4.78 is 0. The smallest absolute Gasteiger partial charge is 0.306 e. The first kappa shape index (κ1) is 19.4. The van der Waals surface area contributed by atoms with Gasteiger partial charge in [0.25, 0.3) is 0 Å². The lowest BCUT2D eigenvalue weighted by Gasteiger charge is -2.25. The van der Waals surface area contributed by atoms with Crippen LogP contribution in [0.3, 0.4) is 0 Å². The summed E-state index contributed by atoms with van der Waals surface area (Å²) in [6, 6.07) is 7.57. The molecule has 0 bridgehead atoms. The number of hydrogen-bond acceptors (Lipinski definition) is 3. The minimum atomic E-state index is -0.759. The average Bonchev–Trinajstić information content (AvgIpc) is 3.21. The molecule has 0 unspecified atom stereocenters. The van der Waals surface area contributed by atoms with Gasteiger partial charge < -0.3 is 15.7 Å². The van der Waals surface area contributed by atoms with Gasteiger partial charge in [0.15, 0.2) is 0 Å². The Morgan fingerprint density at radius 3 is 2.19 bits per heavy atom. The maximum atomic E-state index is 12.4. The molecule has 0 radical (unpaired) electrons. The number of amides is 2. The molecule has 27 heavy (non-hydrogen) atoms. The molecule has 146 valence electrons. The van der Waals surface area contributed by atoms with Crippen LogP contribution in [0.15, 0.2) is 24.3 Å². The van der Waals surface area contributed by atoms with Crippen LogP contribution in [0.1, 0.15) is 56.9 Å². The number of aliphatic carboxylic acids is 1. The molecule has 0 saturated heterocycles. The van der Waals surface area contributed by atoms with Crippen LogP contribution in [0.2, 0.25) is 0 Å². The van der Waals surface area contributed by atoms with E-state index >= 15 is 0 Å². The van der Waals surface area contributed by atoms with E-state index in [1.807, 2.05) is 24.3 Å². The van der Waals surface area contributed by atoms with Crippen LogP contribution in [0.4, 0.5) is 5.69 Å². The molecule has 1 aromatic carbocycles. The van der Waals surface area contributed by atoms with Gasteiger partial charge in [0.05, 0.1) is 5.92 Å². The van der Waals surface area contributed by atoms with E-state index in [9.17, 15) is 14.4 Å². The third-order valence-corrected chi connectivity index (χ3v) is 5.83. The normalized spacial score (nSPS) is 23.0. The van der Waals surface area contributed by atoms with E-state index in [2.05, 4.69) is 10.6 Å². The van der Waals surface area contributed by atoms with Gasteiger partial charge in [-0.3, -0.25) is 14.4 Å². The number of rotatable bonds is 6. The second-order valence-corrected chi connectivity index (χ2v) is 7.78. The van der Waals surface area contributed by atoms with E-state index in [0.29, 0.717) is 32.2 Å². The number of benzene rings is 1. The second kappa shape index (κ2) is 9.02. The first-order valence-electron chi connectivity index (χ1n) is 9.93. The number of carboxylic acids is 1. The molecular formula is C21H28N2O4. The molecule has 1 aromatic rings. The zero-order chi connectivity index (χ0) is 19.2. The fraction of sp³-hybridized carbons (Fsp3) is 0.571. The van der Waals surface area contributed by atoms with Crippen molar-refractivity contribution in [2.75, 3.05) is 5.32 Å². The first-order valence-corrected chi connectivity index (χ1v) is 9.93. The van der Waals surface area contributed by atoms with Crippen LogP contribution in [-0.4, -0.2) is 22.9 Å². The molecule has 0 heterocycles. The van der Waals surface area contributed by atoms with E-state index in [4.69, 9.17) is 5.11 Å². The van der Waals surface area contributed by atoms with Crippen molar-refractivity contribution in [2.24, 2.45) is 17.8 Å². The standard InChI is InChI=1S/C21H28N2O4/c24-19(16-8-10-17(11-9-16)21(26)27)22-13-14-4-3-7-18(12-14)23-20(25)15-5-1-2-6-15/h3-4,7,12,15-17H,1-2,5-6,8-11,13H2,(H,22,24)(H,23,25)(H,26,27). The van der Waals surface area contributed by atoms with E-state index in [1.165, 1.54) is 0 Å². The molecule has 2 fully saturated rings. The molecule has 0 spiro atoms. The van der Waals surface area contributed by atoms with Crippen molar-refractivity contribution in [1.29, 1.82) is 0 Å². The minimum absolute atomic E-state index is 0.0146. The summed E-state index contributed by atoms with van der Waals surface area (Å²) >= 11 is 0. The zero-order valence-electron chi connectivity index (χ0n) is 15.6. The van der Waals surface area contributed by atoms with Crippen molar-refractivity contribution in [3.8, 4) is 0 Å². The summed E-state index contributed by atoms with van der Waals surface area (Å²) in [6.45, 7) is 0.408. The van der Waals surface area contributed by atoms with Gasteiger partial charge >= 0.3 is 5.97 Å². The fourth-order valence-corrected chi connectivity index (χ4v) is 4.13. The Morgan fingerprint density at radius 1 is 0.889 bits per heavy atom. The van der Waals surface area contributed by atoms with E-state index in [1.54, 1.807) is 0 Å². The lowest BCUT2D eigenvalue weighted by molar-refractivity contribution is -0.144. The number of nitrogens with one attached hydrogen (secondary N) is 2. The summed E-state index contributed by atoms with van der Waals surface area (Å²) in [4.78, 5) is 35.6. The SMILES string of the molecule is O=C(O)C1CCC(C(=O)NCc2cccc(NC(=O)C3CCCC3)c2)CC1. The predicted molar refractivity (Wildman–Crippen MR) is 102 cm³/mol. The Balaban J connectivity index is 1.47. The molecule has 0 atom stereocenters. The number of anilines is 1. The van der Waals surface area contributed by atoms with Crippen LogP contribution < -0.4 is 10.6 Å². The Kier molecular flexibility index (Phi) is 6.48. The van der Waals surface area contributed by atoms with Gasteiger partial charge in [0, 0.05) is 24.1 Å². The predicted octanol–water partition coefficient (Wildman–Crippen LogP) is 3.32. The molecule has 0 aliphatic heterocycles. The van der Waals surface area contributed by atoms with Gasteiger partial charge in [0.1, 0.15) is 0 Å². The van der Waals surface area contributed by atoms with E-state index in [0.717, 1.165) is 36.9 Å². The van der Waals surface area contributed by atoms with Crippen molar-refractivity contribution in [1.82, 2.24) is 5.32 Å². The van der Waals surface area contributed by atoms with Crippen LogP contribution in [0.25, 0.3) is 0 Å². The van der Waals surface area contributed by atoms with Crippen molar-refractivity contribution in [2.45, 2.75) is 57.9 Å². The molecule has 0 aromatic heterocycles. The van der Waals surface area contributed by atoms with Crippen LogP contribution >= 0.6 is 0 Å². The second-order valence-electron chi connectivity index (χ2n) is 7.78. The van der Waals surface area contributed by atoms with Crippen LogP contribution in [0, 0.1) is 17.8 Å². The highest BCUT2D eigenvalue weighted by atomic mass is 16.4. The molecule has 2 aliphatic rings. The number of carbonyl (C=O) groups excluding carboxylic acids is 2. The molecule has 2 amide bonds. The molecule has 3 N–H and O–H groups in total. The van der Waals surface area contributed by atoms with Crippen molar-refractivity contribution < 1.29 is 19.5 Å². The number of hydrogen-bond donors (Lipinski definition) is 3. The quantitative estimate of drug-likeness (QED) is 0.714. The molecule has 6 heteroatoms. The lowest BCUT2D eigenvalue weighted by Crippen LogP contribution is -2.34. The monoisotopic (exact) mass is 372 g/mol. The summed E-state index contributed by atoms with van der Waals surface area (Å²) in [6.07, 6.45) is 6.56. The zero-order valence-corrected chi connectivity index (χ0v) is 15.6. The molecule has 6 nitrogen and oxygen atoms in total. The van der Waals surface area contributed by atoms with E-state index in [-0.39, 0.29) is 29.6 Å². The molecule has 2 saturated carbocycles. The number of carbonyl (C=O) groups is 3. The topological polar surface area (TPSA) is 95.5 Å². The highest BCUT2D eigenvalue weighted by Gasteiger charge is 2.29. The highest BCUT2D eigenvalue weighted by Crippen LogP contribution is 2.29. The molecule has 2 aliphatic carbocycles. The Bertz CT molecular complexity index is 689. The first-order chi connectivity index (χ1) is 13.0. The summed E-state index contributed by atoms with van der Waals surface area (Å²) in [5.41, 5.74) is 1.70. The lowest BCUT2D eigenvalue weighted by atomic mass is 9.81. The molecular weight excluding hydrogens is 344 g/mol. The van der Waals surface area contributed by atoms with Crippen LogP contribution in [0.5, 0.6) is 0 Å². The Labute approximate surface area is 159 Å². The van der Waals surface area contributed by atoms with Crippen molar-refractivity contribution in [3.05, 3.63) is 29.8 Å². The minimum Gasteiger partial charge on any atom is -0.481 e. The van der Waals surface area contributed by atoms with Crippen molar-refractivity contribution in [3.63, 3.8) is 0 Å². The maximum absolute atomic E-state index is 12.4. The number of carboxylic acid groups (broad SMARTS) is 1. The third-order valence-electron chi connectivity index (χ3n) is 5.83. The fourth-order valence-electron chi connectivity index (χ4n) is 4.13. The average molecular weight is 372 g/mol. The van der Waals surface area contributed by atoms with Gasteiger partial charge in [-0.25, -0.2) is 0 Å². The summed E-state index contributed by atoms with van der Waals surface area (Å²) in [7, 11) is 0. The van der Waals surface area contributed by atoms with Gasteiger partial charge in [-0.05, 0) is 56.2 Å².